The number of nitrogens with zero attached hydrogens (tertiary/aromatic N) is 3. The highest BCUT2D eigenvalue weighted by atomic mass is 16.6. The SMILES string of the molecule is Cn1cc(CC(N)C2COCCO2)nn1. The molecule has 0 aromatic carbocycles. The fourth-order valence-corrected chi connectivity index (χ4v) is 1.61. The summed E-state index contributed by atoms with van der Waals surface area (Å²) in [5.74, 6) is 0. The number of rotatable bonds is 3. The Hall–Kier alpha value is -0.980. The van der Waals surface area contributed by atoms with Gasteiger partial charge in [-0.1, -0.05) is 5.21 Å². The fourth-order valence-electron chi connectivity index (χ4n) is 1.61. The van der Waals surface area contributed by atoms with Gasteiger partial charge in [0.25, 0.3) is 0 Å². The Bertz CT molecular complexity index is 309. The second-order valence-corrected chi connectivity index (χ2v) is 3.74. The van der Waals surface area contributed by atoms with E-state index in [9.17, 15) is 0 Å². The minimum Gasteiger partial charge on any atom is -0.376 e. The zero-order valence-electron chi connectivity index (χ0n) is 8.80. The molecule has 1 fully saturated rings. The van der Waals surface area contributed by atoms with Gasteiger partial charge in [-0.25, -0.2) is 0 Å². The second-order valence-electron chi connectivity index (χ2n) is 3.74. The van der Waals surface area contributed by atoms with Crippen LogP contribution in [0.4, 0.5) is 0 Å². The van der Waals surface area contributed by atoms with Crippen LogP contribution in [0.15, 0.2) is 6.20 Å². The summed E-state index contributed by atoms with van der Waals surface area (Å²) < 4.78 is 12.5. The summed E-state index contributed by atoms with van der Waals surface area (Å²) in [6.45, 7) is 1.86. The molecule has 0 spiro atoms. The summed E-state index contributed by atoms with van der Waals surface area (Å²) in [4.78, 5) is 0. The van der Waals surface area contributed by atoms with Gasteiger partial charge < -0.3 is 15.2 Å². The molecule has 1 aromatic heterocycles. The fraction of sp³-hybridized carbons (Fsp3) is 0.778. The molecule has 6 nitrogen and oxygen atoms in total. The number of hydrogen-bond donors (Lipinski definition) is 1. The van der Waals surface area contributed by atoms with Crippen molar-refractivity contribution in [1.29, 1.82) is 0 Å². The van der Waals surface area contributed by atoms with Crippen LogP contribution in [0.5, 0.6) is 0 Å². The van der Waals surface area contributed by atoms with Crippen molar-refractivity contribution >= 4 is 0 Å². The maximum atomic E-state index is 6.01. The van der Waals surface area contributed by atoms with E-state index in [1.807, 2.05) is 13.2 Å². The van der Waals surface area contributed by atoms with Crippen molar-refractivity contribution in [3.63, 3.8) is 0 Å². The molecule has 2 N–H and O–H groups in total. The van der Waals surface area contributed by atoms with Crippen molar-refractivity contribution in [1.82, 2.24) is 15.0 Å². The average molecular weight is 212 g/mol. The highest BCUT2D eigenvalue weighted by molar-refractivity contribution is 4.97. The highest BCUT2D eigenvalue weighted by Gasteiger charge is 2.22. The lowest BCUT2D eigenvalue weighted by Crippen LogP contribution is -2.44. The van der Waals surface area contributed by atoms with Gasteiger partial charge in [-0.05, 0) is 0 Å². The van der Waals surface area contributed by atoms with E-state index in [2.05, 4.69) is 10.3 Å². The number of hydrogen-bond acceptors (Lipinski definition) is 5. The molecule has 0 radical (unpaired) electrons. The molecule has 1 aromatic rings. The van der Waals surface area contributed by atoms with Crippen molar-refractivity contribution < 1.29 is 9.47 Å². The Kier molecular flexibility index (Phi) is 3.30. The third-order valence-corrected chi connectivity index (χ3v) is 2.41. The van der Waals surface area contributed by atoms with Crippen molar-refractivity contribution in [3.05, 3.63) is 11.9 Å². The molecule has 0 amide bonds. The molecule has 0 bridgehead atoms. The molecule has 2 unspecified atom stereocenters. The molecule has 2 atom stereocenters. The van der Waals surface area contributed by atoms with Crippen molar-refractivity contribution in [3.8, 4) is 0 Å². The molecule has 1 aliphatic rings. The molecule has 2 heterocycles. The largest absolute Gasteiger partial charge is 0.376 e. The average Bonchev–Trinajstić information content (AvgIpc) is 2.65. The zero-order valence-corrected chi connectivity index (χ0v) is 8.80. The first-order valence-corrected chi connectivity index (χ1v) is 5.06. The van der Waals surface area contributed by atoms with E-state index < -0.39 is 0 Å². The van der Waals surface area contributed by atoms with Crippen LogP contribution in [-0.4, -0.2) is 47.0 Å². The quantitative estimate of drug-likeness (QED) is 0.702. The minimum absolute atomic E-state index is 0.0271. The predicted octanol–water partition coefficient (Wildman–Crippen LogP) is -0.900. The molecule has 1 aliphatic heterocycles. The predicted molar refractivity (Wildman–Crippen MR) is 53.2 cm³/mol. The van der Waals surface area contributed by atoms with E-state index >= 15 is 0 Å². The minimum atomic E-state index is -0.0815. The Morgan fingerprint density at radius 3 is 3.13 bits per heavy atom. The lowest BCUT2D eigenvalue weighted by molar-refractivity contribution is -0.0968. The molecular formula is C9H16N4O2. The van der Waals surface area contributed by atoms with Gasteiger partial charge in [-0.3, -0.25) is 4.68 Å². The van der Waals surface area contributed by atoms with Crippen LogP contribution >= 0.6 is 0 Å². The van der Waals surface area contributed by atoms with E-state index in [1.165, 1.54) is 0 Å². The van der Waals surface area contributed by atoms with Crippen LogP contribution < -0.4 is 5.73 Å². The van der Waals surface area contributed by atoms with Gasteiger partial charge in [0.05, 0.1) is 31.6 Å². The third-order valence-electron chi connectivity index (χ3n) is 2.41. The standard InChI is InChI=1S/C9H16N4O2/c1-13-5-7(11-12-13)4-8(10)9-6-14-2-3-15-9/h5,8-9H,2-4,6,10H2,1H3. The van der Waals surface area contributed by atoms with Crippen LogP contribution in [0.2, 0.25) is 0 Å². The molecule has 0 saturated carbocycles. The van der Waals surface area contributed by atoms with Crippen molar-refractivity contribution in [2.45, 2.75) is 18.6 Å². The number of aromatic nitrogens is 3. The summed E-state index contributed by atoms with van der Waals surface area (Å²) >= 11 is 0. The lowest BCUT2D eigenvalue weighted by atomic mass is 10.1. The van der Waals surface area contributed by atoms with Crippen LogP contribution in [0.3, 0.4) is 0 Å². The smallest absolute Gasteiger partial charge is 0.0963 e. The van der Waals surface area contributed by atoms with Gasteiger partial charge >= 0.3 is 0 Å². The van der Waals surface area contributed by atoms with E-state index in [0.717, 1.165) is 5.69 Å². The van der Waals surface area contributed by atoms with Crippen LogP contribution in [0, 0.1) is 0 Å². The molecule has 6 heteroatoms. The number of nitrogens with two attached hydrogens (primary N) is 1. The second kappa shape index (κ2) is 4.69. The first kappa shape index (κ1) is 10.5. The molecule has 1 saturated heterocycles. The van der Waals surface area contributed by atoms with E-state index in [-0.39, 0.29) is 12.1 Å². The molecule has 0 aliphatic carbocycles. The molecular weight excluding hydrogens is 196 g/mol. The third kappa shape index (κ3) is 2.74. The first-order chi connectivity index (χ1) is 7.25. The lowest BCUT2D eigenvalue weighted by Gasteiger charge is -2.27. The summed E-state index contributed by atoms with van der Waals surface area (Å²) in [6.07, 6.45) is 2.51. The summed E-state index contributed by atoms with van der Waals surface area (Å²) in [5.41, 5.74) is 6.90. The molecule has 84 valence electrons. The summed E-state index contributed by atoms with van der Waals surface area (Å²) in [6, 6.07) is -0.0815. The number of ether oxygens (including phenoxy) is 2. The molecule has 2 rings (SSSR count). The Morgan fingerprint density at radius 1 is 1.67 bits per heavy atom. The molecule has 15 heavy (non-hydrogen) atoms. The van der Waals surface area contributed by atoms with Crippen LogP contribution in [0.1, 0.15) is 5.69 Å². The maximum absolute atomic E-state index is 6.01. The Labute approximate surface area is 88.3 Å². The summed E-state index contributed by atoms with van der Waals surface area (Å²) in [7, 11) is 1.84. The first-order valence-electron chi connectivity index (χ1n) is 5.06. The maximum Gasteiger partial charge on any atom is 0.0963 e. The zero-order chi connectivity index (χ0) is 10.7. The van der Waals surface area contributed by atoms with E-state index in [0.29, 0.717) is 26.2 Å². The van der Waals surface area contributed by atoms with Crippen molar-refractivity contribution in [2.75, 3.05) is 19.8 Å². The number of aryl methyl sites for hydroxylation is 1. The highest BCUT2D eigenvalue weighted by Crippen LogP contribution is 2.08. The Balaban J connectivity index is 1.88. The topological polar surface area (TPSA) is 75.2 Å². The van der Waals surface area contributed by atoms with Crippen molar-refractivity contribution in [2.24, 2.45) is 12.8 Å². The van der Waals surface area contributed by atoms with Gasteiger partial charge in [-0.15, -0.1) is 5.10 Å². The van der Waals surface area contributed by atoms with Crippen LogP contribution in [-0.2, 0) is 22.9 Å². The van der Waals surface area contributed by atoms with Gasteiger partial charge in [0, 0.05) is 25.7 Å². The van der Waals surface area contributed by atoms with Crippen LogP contribution in [0.25, 0.3) is 0 Å². The van der Waals surface area contributed by atoms with Gasteiger partial charge in [0.15, 0.2) is 0 Å². The monoisotopic (exact) mass is 212 g/mol. The van der Waals surface area contributed by atoms with Gasteiger partial charge in [-0.2, -0.15) is 0 Å². The van der Waals surface area contributed by atoms with Gasteiger partial charge in [0.2, 0.25) is 0 Å². The normalized spacial score (nSPS) is 24.0. The van der Waals surface area contributed by atoms with Gasteiger partial charge in [0.1, 0.15) is 0 Å². The van der Waals surface area contributed by atoms with E-state index in [1.54, 1.807) is 4.68 Å². The summed E-state index contributed by atoms with van der Waals surface area (Å²) in [5, 5.41) is 7.84. The Morgan fingerprint density at radius 2 is 2.53 bits per heavy atom. The van der Waals surface area contributed by atoms with E-state index in [4.69, 9.17) is 15.2 Å².